The van der Waals surface area contributed by atoms with Gasteiger partial charge < -0.3 is 15.0 Å². The van der Waals surface area contributed by atoms with Crippen LogP contribution in [-0.4, -0.2) is 50.9 Å². The molecule has 248 valence electrons. The van der Waals surface area contributed by atoms with Gasteiger partial charge in [0.25, 0.3) is 10.0 Å². The molecule has 1 atom stereocenters. The van der Waals surface area contributed by atoms with Gasteiger partial charge in [0.2, 0.25) is 11.8 Å². The highest BCUT2D eigenvalue weighted by Crippen LogP contribution is 2.28. The van der Waals surface area contributed by atoms with E-state index in [1.54, 1.807) is 24.3 Å². The molecule has 8 nitrogen and oxygen atoms in total. The Balaban J connectivity index is 1.80. The van der Waals surface area contributed by atoms with Crippen molar-refractivity contribution in [1.82, 2.24) is 10.2 Å². The average Bonchev–Trinajstić information content (AvgIpc) is 3.07. The Morgan fingerprint density at radius 2 is 1.53 bits per heavy atom. The molecule has 0 aliphatic heterocycles. The van der Waals surface area contributed by atoms with Crippen LogP contribution in [0.3, 0.4) is 0 Å². The lowest BCUT2D eigenvalue weighted by Gasteiger charge is -2.34. The van der Waals surface area contributed by atoms with Crippen molar-refractivity contribution < 1.29 is 22.7 Å². The molecule has 4 aromatic rings. The van der Waals surface area contributed by atoms with E-state index >= 15 is 0 Å². The summed E-state index contributed by atoms with van der Waals surface area (Å²) in [6.45, 7) is 6.33. The van der Waals surface area contributed by atoms with Gasteiger partial charge in [-0.1, -0.05) is 79.5 Å². The Hall–Kier alpha value is -4.34. The molecule has 1 N–H and O–H groups in total. The molecule has 10 heteroatoms. The molecule has 0 saturated heterocycles. The molecular formula is C37H42ClN3O5S. The minimum absolute atomic E-state index is 0.0211. The van der Waals surface area contributed by atoms with E-state index in [-0.39, 0.29) is 29.5 Å². The summed E-state index contributed by atoms with van der Waals surface area (Å²) in [6, 6.07) is 28.6. The first-order valence-electron chi connectivity index (χ1n) is 15.8. The van der Waals surface area contributed by atoms with Crippen molar-refractivity contribution in [3.63, 3.8) is 0 Å². The number of benzene rings is 4. The number of unbranched alkanes of at least 4 members (excludes halogenated alkanes) is 1. The molecule has 4 aromatic carbocycles. The molecule has 0 aliphatic carbocycles. The average molecular weight is 676 g/mol. The molecule has 0 saturated carbocycles. The number of rotatable bonds is 16. The maximum absolute atomic E-state index is 14.6. The van der Waals surface area contributed by atoms with Gasteiger partial charge in [-0.05, 0) is 85.5 Å². The number of sulfonamides is 1. The van der Waals surface area contributed by atoms with Crippen molar-refractivity contribution in [1.29, 1.82) is 0 Å². The summed E-state index contributed by atoms with van der Waals surface area (Å²) in [5.41, 5.74) is 2.96. The molecule has 0 aromatic heterocycles. The zero-order valence-electron chi connectivity index (χ0n) is 27.1. The van der Waals surface area contributed by atoms with Crippen LogP contribution in [0.25, 0.3) is 0 Å². The van der Waals surface area contributed by atoms with Crippen LogP contribution in [0.5, 0.6) is 5.75 Å². The van der Waals surface area contributed by atoms with E-state index in [9.17, 15) is 18.0 Å². The summed E-state index contributed by atoms with van der Waals surface area (Å²) in [5.74, 6) is -0.247. The zero-order valence-corrected chi connectivity index (χ0v) is 28.6. The lowest BCUT2D eigenvalue weighted by Crippen LogP contribution is -2.53. The van der Waals surface area contributed by atoms with Crippen LogP contribution in [0.2, 0.25) is 5.02 Å². The first-order chi connectivity index (χ1) is 22.6. The zero-order chi connectivity index (χ0) is 33.8. The second-order valence-corrected chi connectivity index (χ2v) is 13.5. The standard InChI is InChI=1S/C37H42ClN3O5S/c1-4-6-24-39-37(43)35(25-29-13-8-7-9-14-29)40(26-30-15-11-10-12-28(30)3)36(42)27-41(32-18-20-33(21-19-32)46-5-2)47(44,45)34-22-16-31(38)17-23-34/h7-23,35H,4-6,24-27H2,1-3H3,(H,39,43)/t35-/m0/s1. The van der Waals surface area contributed by atoms with Gasteiger partial charge in [-0.15, -0.1) is 0 Å². The molecule has 2 amide bonds. The van der Waals surface area contributed by atoms with Gasteiger partial charge >= 0.3 is 0 Å². The number of nitrogens with zero attached hydrogens (tertiary/aromatic N) is 2. The molecule has 0 aliphatic rings. The molecule has 0 heterocycles. The Morgan fingerprint density at radius 3 is 2.17 bits per heavy atom. The molecule has 0 radical (unpaired) electrons. The van der Waals surface area contributed by atoms with Crippen LogP contribution in [0, 0.1) is 6.92 Å². The van der Waals surface area contributed by atoms with Crippen molar-refractivity contribution in [2.24, 2.45) is 0 Å². The largest absolute Gasteiger partial charge is 0.494 e. The molecule has 0 bridgehead atoms. The van der Waals surface area contributed by atoms with Crippen molar-refractivity contribution >= 4 is 39.1 Å². The number of anilines is 1. The normalized spacial score (nSPS) is 11.8. The molecule has 47 heavy (non-hydrogen) atoms. The minimum Gasteiger partial charge on any atom is -0.494 e. The summed E-state index contributed by atoms with van der Waals surface area (Å²) in [5, 5.41) is 3.40. The first-order valence-corrected chi connectivity index (χ1v) is 17.6. The van der Waals surface area contributed by atoms with Crippen molar-refractivity contribution in [3.05, 3.63) is 125 Å². The number of carbonyl (C=O) groups is 2. The van der Waals surface area contributed by atoms with Crippen LogP contribution >= 0.6 is 11.6 Å². The second-order valence-electron chi connectivity index (χ2n) is 11.2. The fraction of sp³-hybridized carbons (Fsp3) is 0.297. The van der Waals surface area contributed by atoms with Crippen molar-refractivity contribution in [2.75, 3.05) is 24.0 Å². The molecule has 0 unspecified atom stereocenters. The predicted octanol–water partition coefficient (Wildman–Crippen LogP) is 6.80. The summed E-state index contributed by atoms with van der Waals surface area (Å²) in [7, 11) is -4.24. The first kappa shape index (κ1) is 35.5. The van der Waals surface area contributed by atoms with E-state index in [2.05, 4.69) is 5.32 Å². The van der Waals surface area contributed by atoms with E-state index in [1.165, 1.54) is 29.2 Å². The topological polar surface area (TPSA) is 96.0 Å². The number of ether oxygens (including phenoxy) is 1. The van der Waals surface area contributed by atoms with Crippen LogP contribution < -0.4 is 14.4 Å². The Bertz CT molecular complexity index is 1720. The molecule has 4 rings (SSSR count). The minimum atomic E-state index is -4.24. The quantitative estimate of drug-likeness (QED) is 0.132. The Kier molecular flexibility index (Phi) is 12.8. The van der Waals surface area contributed by atoms with E-state index in [0.29, 0.717) is 23.9 Å². The Morgan fingerprint density at radius 1 is 0.872 bits per heavy atom. The molecule has 0 fully saturated rings. The smallest absolute Gasteiger partial charge is 0.264 e. The number of hydrogen-bond acceptors (Lipinski definition) is 5. The van der Waals surface area contributed by atoms with Gasteiger partial charge in [0.05, 0.1) is 17.2 Å². The van der Waals surface area contributed by atoms with Crippen LogP contribution in [0.1, 0.15) is 43.4 Å². The third-order valence-electron chi connectivity index (χ3n) is 7.82. The van der Waals surface area contributed by atoms with Gasteiger partial charge in [0, 0.05) is 24.5 Å². The van der Waals surface area contributed by atoms with Gasteiger partial charge in [0.1, 0.15) is 18.3 Å². The van der Waals surface area contributed by atoms with E-state index < -0.39 is 28.5 Å². The number of halogens is 1. The van der Waals surface area contributed by atoms with E-state index in [1.807, 2.05) is 75.4 Å². The number of hydrogen-bond donors (Lipinski definition) is 1. The highest BCUT2D eigenvalue weighted by molar-refractivity contribution is 7.92. The predicted molar refractivity (Wildman–Crippen MR) is 187 cm³/mol. The van der Waals surface area contributed by atoms with Gasteiger partial charge in [-0.3, -0.25) is 13.9 Å². The SMILES string of the molecule is CCCCNC(=O)[C@H](Cc1ccccc1)N(Cc1ccccc1C)C(=O)CN(c1ccc(OCC)cc1)S(=O)(=O)c1ccc(Cl)cc1. The summed E-state index contributed by atoms with van der Waals surface area (Å²) < 4.78 is 35.0. The lowest BCUT2D eigenvalue weighted by molar-refractivity contribution is -0.140. The Labute approximate surface area is 283 Å². The van der Waals surface area contributed by atoms with Gasteiger partial charge in [-0.25, -0.2) is 8.42 Å². The van der Waals surface area contributed by atoms with E-state index in [0.717, 1.165) is 33.8 Å². The van der Waals surface area contributed by atoms with Crippen molar-refractivity contribution in [3.8, 4) is 5.75 Å². The highest BCUT2D eigenvalue weighted by Gasteiger charge is 2.34. The van der Waals surface area contributed by atoms with Crippen LogP contribution in [-0.2, 0) is 32.6 Å². The number of amides is 2. The fourth-order valence-electron chi connectivity index (χ4n) is 5.17. The fourth-order valence-corrected chi connectivity index (χ4v) is 6.71. The molecular weight excluding hydrogens is 634 g/mol. The lowest BCUT2D eigenvalue weighted by atomic mass is 10.0. The van der Waals surface area contributed by atoms with Crippen LogP contribution in [0.4, 0.5) is 5.69 Å². The highest BCUT2D eigenvalue weighted by atomic mass is 35.5. The summed E-state index contributed by atoms with van der Waals surface area (Å²) in [4.78, 5) is 30.0. The monoisotopic (exact) mass is 675 g/mol. The summed E-state index contributed by atoms with van der Waals surface area (Å²) in [6.07, 6.45) is 1.94. The van der Waals surface area contributed by atoms with Gasteiger partial charge in [-0.2, -0.15) is 0 Å². The third kappa shape index (κ3) is 9.59. The summed E-state index contributed by atoms with van der Waals surface area (Å²) >= 11 is 6.08. The van der Waals surface area contributed by atoms with Crippen LogP contribution in [0.15, 0.2) is 108 Å². The number of carbonyl (C=O) groups excluding carboxylic acids is 2. The maximum atomic E-state index is 14.6. The van der Waals surface area contributed by atoms with Gasteiger partial charge in [0.15, 0.2) is 0 Å². The maximum Gasteiger partial charge on any atom is 0.264 e. The second kappa shape index (κ2) is 17.0. The molecule has 0 spiro atoms. The van der Waals surface area contributed by atoms with E-state index in [4.69, 9.17) is 16.3 Å². The third-order valence-corrected chi connectivity index (χ3v) is 9.86. The van der Waals surface area contributed by atoms with Crippen molar-refractivity contribution in [2.45, 2.75) is 57.5 Å². The number of aryl methyl sites for hydroxylation is 1. The number of nitrogens with one attached hydrogen (secondary N) is 1.